The molecule has 0 saturated carbocycles. The third-order valence-electron chi connectivity index (χ3n) is 4.40. The zero-order valence-electron chi connectivity index (χ0n) is 17.1. The molecule has 0 amide bonds. The molecule has 0 radical (unpaired) electrons. The Morgan fingerprint density at radius 3 is 1.59 bits per heavy atom. The van der Waals surface area contributed by atoms with E-state index in [9.17, 15) is 14.4 Å². The molecule has 2 rings (SSSR count). The van der Waals surface area contributed by atoms with Crippen LogP contribution in [0.15, 0.2) is 60.7 Å². The van der Waals surface area contributed by atoms with E-state index in [2.05, 4.69) is 0 Å². The molecule has 2 aromatic rings. The van der Waals surface area contributed by atoms with Crippen LogP contribution in [0.3, 0.4) is 0 Å². The van der Waals surface area contributed by atoms with Gasteiger partial charge in [0.05, 0.1) is 18.9 Å². The lowest BCUT2D eigenvalue weighted by Gasteiger charge is -2.10. The first-order chi connectivity index (χ1) is 13.9. The molecule has 0 bridgehead atoms. The topological polar surface area (TPSA) is 60.4 Å². The monoisotopic (exact) mass is 390 g/mol. The summed E-state index contributed by atoms with van der Waals surface area (Å²) in [5.74, 6) is -2.50. The number of carbonyl (C=O) groups excluding carboxylic acids is 3. The molecule has 4 heteroatoms. The van der Waals surface area contributed by atoms with Gasteiger partial charge in [0.25, 0.3) is 0 Å². The summed E-state index contributed by atoms with van der Waals surface area (Å²) in [6, 6.07) is 15.3. The molecule has 0 unspecified atom stereocenters. The van der Waals surface area contributed by atoms with Crippen LogP contribution in [-0.2, 0) is 19.1 Å². The number of rotatable bonds is 9. The molecule has 0 atom stereocenters. The third-order valence-corrected chi connectivity index (χ3v) is 4.40. The number of ketones is 2. The van der Waals surface area contributed by atoms with Gasteiger partial charge >= 0.3 is 5.97 Å². The van der Waals surface area contributed by atoms with Crippen molar-refractivity contribution in [2.24, 2.45) is 5.92 Å². The predicted octanol–water partition coefficient (Wildman–Crippen LogP) is 4.74. The highest BCUT2D eigenvalue weighted by atomic mass is 16.5. The number of hydrogen-bond donors (Lipinski definition) is 0. The van der Waals surface area contributed by atoms with Crippen LogP contribution in [0.25, 0.3) is 12.2 Å². The average molecular weight is 390 g/mol. The zero-order chi connectivity index (χ0) is 21.2. The van der Waals surface area contributed by atoms with E-state index in [1.807, 2.05) is 62.4 Å². The van der Waals surface area contributed by atoms with E-state index in [0.29, 0.717) is 0 Å². The highest BCUT2D eigenvalue weighted by Gasteiger charge is 2.26. The van der Waals surface area contributed by atoms with E-state index >= 15 is 0 Å². The third kappa shape index (κ3) is 7.34. The van der Waals surface area contributed by atoms with Gasteiger partial charge in [0.2, 0.25) is 0 Å². The second-order valence-corrected chi connectivity index (χ2v) is 6.85. The van der Waals surface area contributed by atoms with Crippen molar-refractivity contribution in [2.45, 2.75) is 27.2 Å². The molecule has 0 aliphatic rings. The summed E-state index contributed by atoms with van der Waals surface area (Å²) in [4.78, 5) is 37.3. The minimum Gasteiger partial charge on any atom is -0.466 e. The van der Waals surface area contributed by atoms with Gasteiger partial charge < -0.3 is 4.74 Å². The standard InChI is InChI=1S/C25H26O4/c1-4-29-25(28)17-22(23(26)15-13-20-9-5-18(2)6-10-20)24(27)16-14-21-11-7-19(3)8-12-21/h5-16,22H,4,17H2,1-3H3. The lowest BCUT2D eigenvalue weighted by molar-refractivity contribution is -0.147. The van der Waals surface area contributed by atoms with Crippen LogP contribution in [0.5, 0.6) is 0 Å². The van der Waals surface area contributed by atoms with E-state index < -0.39 is 23.5 Å². The van der Waals surface area contributed by atoms with Crippen molar-refractivity contribution in [1.29, 1.82) is 0 Å². The molecule has 29 heavy (non-hydrogen) atoms. The van der Waals surface area contributed by atoms with Crippen molar-refractivity contribution in [3.63, 3.8) is 0 Å². The van der Waals surface area contributed by atoms with Crippen LogP contribution in [-0.4, -0.2) is 24.1 Å². The molecule has 0 saturated heterocycles. The normalized spacial score (nSPS) is 12.2. The Labute approximate surface area is 171 Å². The number of allylic oxidation sites excluding steroid dienone is 2. The van der Waals surface area contributed by atoms with E-state index in [4.69, 9.17) is 4.74 Å². The van der Waals surface area contributed by atoms with Gasteiger partial charge in [0.15, 0.2) is 11.6 Å². The summed E-state index contributed by atoms with van der Waals surface area (Å²) in [6.45, 7) is 5.84. The highest BCUT2D eigenvalue weighted by molar-refractivity contribution is 6.14. The largest absolute Gasteiger partial charge is 0.466 e. The first-order valence-electron chi connectivity index (χ1n) is 9.62. The zero-order valence-corrected chi connectivity index (χ0v) is 17.1. The molecule has 0 fully saturated rings. The van der Waals surface area contributed by atoms with Crippen molar-refractivity contribution in [1.82, 2.24) is 0 Å². The summed E-state index contributed by atoms with van der Waals surface area (Å²) in [7, 11) is 0. The smallest absolute Gasteiger partial charge is 0.306 e. The van der Waals surface area contributed by atoms with Crippen LogP contribution in [0.4, 0.5) is 0 Å². The van der Waals surface area contributed by atoms with E-state index in [0.717, 1.165) is 22.3 Å². The second kappa shape index (κ2) is 10.9. The molecule has 0 N–H and O–H groups in total. The number of ether oxygens (including phenoxy) is 1. The SMILES string of the molecule is CCOC(=O)CC(C(=O)C=Cc1ccc(C)cc1)C(=O)C=Cc1ccc(C)cc1. The van der Waals surface area contributed by atoms with Crippen molar-refractivity contribution in [2.75, 3.05) is 6.61 Å². The molecule has 150 valence electrons. The molecule has 0 spiro atoms. The lowest BCUT2D eigenvalue weighted by Crippen LogP contribution is -2.25. The predicted molar refractivity (Wildman–Crippen MR) is 115 cm³/mol. The fraction of sp³-hybridized carbons (Fsp3) is 0.240. The maximum atomic E-state index is 12.7. The Bertz CT molecular complexity index is 835. The molecule has 0 aromatic heterocycles. The summed E-state index contributed by atoms with van der Waals surface area (Å²) in [6.07, 6.45) is 5.73. The van der Waals surface area contributed by atoms with Gasteiger partial charge in [-0.15, -0.1) is 0 Å². The van der Waals surface area contributed by atoms with Crippen LogP contribution in [0.2, 0.25) is 0 Å². The van der Waals surface area contributed by atoms with E-state index in [-0.39, 0.29) is 13.0 Å². The number of aryl methyl sites for hydroxylation is 2. The van der Waals surface area contributed by atoms with Crippen molar-refractivity contribution in [3.05, 3.63) is 82.9 Å². The fourth-order valence-corrected chi connectivity index (χ4v) is 2.67. The Morgan fingerprint density at radius 1 is 0.793 bits per heavy atom. The average Bonchev–Trinajstić information content (AvgIpc) is 2.71. The summed E-state index contributed by atoms with van der Waals surface area (Å²) in [5.41, 5.74) is 3.93. The van der Waals surface area contributed by atoms with Crippen molar-refractivity contribution >= 4 is 29.7 Å². The summed E-state index contributed by atoms with van der Waals surface area (Å²) < 4.78 is 4.93. The van der Waals surface area contributed by atoms with E-state index in [1.54, 1.807) is 19.1 Å². The lowest BCUT2D eigenvalue weighted by atomic mass is 9.93. The van der Waals surface area contributed by atoms with Crippen LogP contribution in [0, 0.1) is 19.8 Å². The van der Waals surface area contributed by atoms with Crippen LogP contribution in [0.1, 0.15) is 35.6 Å². The number of hydrogen-bond acceptors (Lipinski definition) is 4. The van der Waals surface area contributed by atoms with Crippen LogP contribution >= 0.6 is 0 Å². The summed E-state index contributed by atoms with van der Waals surface area (Å²) in [5, 5.41) is 0. The molecule has 2 aromatic carbocycles. The van der Waals surface area contributed by atoms with Gasteiger partial charge in [0, 0.05) is 0 Å². The van der Waals surface area contributed by atoms with Gasteiger partial charge in [-0.2, -0.15) is 0 Å². The van der Waals surface area contributed by atoms with E-state index in [1.165, 1.54) is 12.2 Å². The van der Waals surface area contributed by atoms with Gasteiger partial charge in [0.1, 0.15) is 0 Å². The van der Waals surface area contributed by atoms with Crippen molar-refractivity contribution < 1.29 is 19.1 Å². The van der Waals surface area contributed by atoms with Gasteiger partial charge in [-0.05, 0) is 44.1 Å². The second-order valence-electron chi connectivity index (χ2n) is 6.85. The first-order valence-corrected chi connectivity index (χ1v) is 9.62. The Hall–Kier alpha value is -3.27. The molecule has 0 aliphatic heterocycles. The van der Waals surface area contributed by atoms with Gasteiger partial charge in [-0.1, -0.05) is 71.8 Å². The maximum Gasteiger partial charge on any atom is 0.306 e. The minimum absolute atomic E-state index is 0.201. The molecule has 0 heterocycles. The van der Waals surface area contributed by atoms with Gasteiger partial charge in [-0.3, -0.25) is 14.4 Å². The molecular formula is C25H26O4. The Morgan fingerprint density at radius 2 is 1.21 bits per heavy atom. The molecule has 0 aliphatic carbocycles. The number of carbonyl (C=O) groups is 3. The van der Waals surface area contributed by atoms with Gasteiger partial charge in [-0.25, -0.2) is 0 Å². The number of esters is 1. The Kier molecular flexibility index (Phi) is 8.28. The Balaban J connectivity index is 2.16. The molecular weight excluding hydrogens is 364 g/mol. The quantitative estimate of drug-likeness (QED) is 0.353. The fourth-order valence-electron chi connectivity index (χ4n) is 2.67. The first kappa shape index (κ1) is 22.0. The highest BCUT2D eigenvalue weighted by Crippen LogP contribution is 2.14. The minimum atomic E-state index is -1.10. The van der Waals surface area contributed by atoms with Crippen LogP contribution < -0.4 is 0 Å². The number of benzene rings is 2. The summed E-state index contributed by atoms with van der Waals surface area (Å²) >= 11 is 0. The molecule has 4 nitrogen and oxygen atoms in total. The van der Waals surface area contributed by atoms with Crippen molar-refractivity contribution in [3.8, 4) is 0 Å². The maximum absolute atomic E-state index is 12.7.